The molecule has 11 heavy (non-hydrogen) atoms. The summed E-state index contributed by atoms with van der Waals surface area (Å²) < 4.78 is 5.46. The van der Waals surface area contributed by atoms with Gasteiger partial charge in [0.05, 0.1) is 6.61 Å². The van der Waals surface area contributed by atoms with Crippen molar-refractivity contribution < 1.29 is 4.74 Å². The third-order valence-corrected chi connectivity index (χ3v) is 2.32. The summed E-state index contributed by atoms with van der Waals surface area (Å²) in [6, 6.07) is 0. The van der Waals surface area contributed by atoms with E-state index in [1.807, 2.05) is 7.05 Å². The van der Waals surface area contributed by atoms with Crippen LogP contribution in [0.5, 0.6) is 0 Å². The van der Waals surface area contributed by atoms with Crippen molar-refractivity contribution in [2.75, 3.05) is 26.8 Å². The van der Waals surface area contributed by atoms with Crippen molar-refractivity contribution in [1.29, 1.82) is 0 Å². The fourth-order valence-corrected chi connectivity index (χ4v) is 1.63. The summed E-state index contributed by atoms with van der Waals surface area (Å²) in [7, 11) is 1.95. The number of hydrogen-bond acceptors (Lipinski definition) is 2. The van der Waals surface area contributed by atoms with E-state index in [1.54, 1.807) is 0 Å². The lowest BCUT2D eigenvalue weighted by Gasteiger charge is -2.32. The Kier molecular flexibility index (Phi) is 3.87. The normalized spacial score (nSPS) is 30.0. The molecule has 1 rings (SSSR count). The Labute approximate surface area is 69.3 Å². The molecule has 0 heterocycles. The minimum atomic E-state index is 0.862. The van der Waals surface area contributed by atoms with Crippen LogP contribution < -0.4 is 5.32 Å². The van der Waals surface area contributed by atoms with Gasteiger partial charge in [-0.1, -0.05) is 6.92 Å². The second-order valence-electron chi connectivity index (χ2n) is 3.62. The predicted molar refractivity (Wildman–Crippen MR) is 46.6 cm³/mol. The van der Waals surface area contributed by atoms with Gasteiger partial charge in [0.15, 0.2) is 0 Å². The first-order chi connectivity index (χ1) is 5.33. The van der Waals surface area contributed by atoms with Crippen LogP contribution in [0.25, 0.3) is 0 Å². The van der Waals surface area contributed by atoms with Crippen LogP contribution >= 0.6 is 0 Å². The molecule has 0 saturated heterocycles. The highest BCUT2D eigenvalue weighted by Gasteiger charge is 2.24. The molecule has 1 aliphatic rings. The van der Waals surface area contributed by atoms with Crippen LogP contribution in [-0.4, -0.2) is 26.8 Å². The molecule has 1 saturated carbocycles. The molecule has 1 fully saturated rings. The summed E-state index contributed by atoms with van der Waals surface area (Å²) in [5, 5.41) is 3.06. The van der Waals surface area contributed by atoms with Gasteiger partial charge in [-0.3, -0.25) is 0 Å². The monoisotopic (exact) mass is 157 g/mol. The lowest BCUT2D eigenvalue weighted by molar-refractivity contribution is 0.0503. The van der Waals surface area contributed by atoms with Crippen molar-refractivity contribution in [3.63, 3.8) is 0 Å². The van der Waals surface area contributed by atoms with Crippen LogP contribution in [0.2, 0.25) is 0 Å². The van der Waals surface area contributed by atoms with Gasteiger partial charge in [0, 0.05) is 13.2 Å². The highest BCUT2D eigenvalue weighted by atomic mass is 16.5. The average Bonchev–Trinajstić information content (AvgIpc) is 1.94. The van der Waals surface area contributed by atoms with E-state index < -0.39 is 0 Å². The third kappa shape index (κ3) is 3.21. The summed E-state index contributed by atoms with van der Waals surface area (Å²) in [5.41, 5.74) is 0. The topological polar surface area (TPSA) is 21.3 Å². The van der Waals surface area contributed by atoms with Gasteiger partial charge in [-0.25, -0.2) is 0 Å². The number of rotatable bonds is 5. The van der Waals surface area contributed by atoms with E-state index in [4.69, 9.17) is 4.74 Å². The van der Waals surface area contributed by atoms with E-state index in [2.05, 4.69) is 12.2 Å². The van der Waals surface area contributed by atoms with Crippen LogP contribution in [0.1, 0.15) is 19.8 Å². The Morgan fingerprint density at radius 2 is 2.18 bits per heavy atom. The summed E-state index contributed by atoms with van der Waals surface area (Å²) in [6.07, 6.45) is 2.75. The molecule has 0 bridgehead atoms. The van der Waals surface area contributed by atoms with E-state index >= 15 is 0 Å². The lowest BCUT2D eigenvalue weighted by Crippen LogP contribution is -2.26. The quantitative estimate of drug-likeness (QED) is 0.607. The van der Waals surface area contributed by atoms with Gasteiger partial charge in [0.1, 0.15) is 0 Å². The van der Waals surface area contributed by atoms with Crippen molar-refractivity contribution in [3.05, 3.63) is 0 Å². The zero-order valence-electron chi connectivity index (χ0n) is 7.60. The zero-order chi connectivity index (χ0) is 8.10. The number of nitrogens with one attached hydrogen (secondary N) is 1. The summed E-state index contributed by atoms with van der Waals surface area (Å²) in [4.78, 5) is 0. The first kappa shape index (κ1) is 9.01. The molecule has 0 aromatic carbocycles. The second-order valence-corrected chi connectivity index (χ2v) is 3.62. The largest absolute Gasteiger partial charge is 0.380 e. The number of likely N-dealkylation sites (N-methyl/N-ethyl adjacent to an activating group) is 1. The van der Waals surface area contributed by atoms with Gasteiger partial charge in [-0.15, -0.1) is 0 Å². The van der Waals surface area contributed by atoms with E-state index in [0.29, 0.717) is 0 Å². The molecule has 0 aromatic rings. The molecule has 66 valence electrons. The first-order valence-corrected chi connectivity index (χ1v) is 4.55. The van der Waals surface area contributed by atoms with Gasteiger partial charge >= 0.3 is 0 Å². The summed E-state index contributed by atoms with van der Waals surface area (Å²) in [6.45, 7) is 5.12. The Morgan fingerprint density at radius 3 is 2.73 bits per heavy atom. The Hall–Kier alpha value is -0.0800. The maximum atomic E-state index is 5.46. The van der Waals surface area contributed by atoms with Gasteiger partial charge in [0.2, 0.25) is 0 Å². The zero-order valence-corrected chi connectivity index (χ0v) is 7.60. The molecule has 0 amide bonds. The highest BCUT2D eigenvalue weighted by Crippen LogP contribution is 2.32. The molecule has 2 nitrogen and oxygen atoms in total. The highest BCUT2D eigenvalue weighted by molar-refractivity contribution is 4.75. The Bertz CT molecular complexity index is 99.7. The average molecular weight is 157 g/mol. The van der Waals surface area contributed by atoms with Crippen LogP contribution in [0, 0.1) is 11.8 Å². The van der Waals surface area contributed by atoms with Gasteiger partial charge in [-0.05, 0) is 31.7 Å². The van der Waals surface area contributed by atoms with Crippen molar-refractivity contribution >= 4 is 0 Å². The van der Waals surface area contributed by atoms with Crippen LogP contribution in [-0.2, 0) is 4.74 Å². The van der Waals surface area contributed by atoms with E-state index in [-0.39, 0.29) is 0 Å². The molecule has 1 aliphatic carbocycles. The van der Waals surface area contributed by atoms with Gasteiger partial charge in [-0.2, -0.15) is 0 Å². The van der Waals surface area contributed by atoms with Crippen molar-refractivity contribution in [2.24, 2.45) is 11.8 Å². The predicted octanol–water partition coefficient (Wildman–Crippen LogP) is 1.27. The van der Waals surface area contributed by atoms with Crippen LogP contribution in [0.15, 0.2) is 0 Å². The standard InChI is InChI=1S/C9H19NO/c1-8-5-9(6-8)7-11-4-3-10-2/h8-10H,3-7H2,1-2H3. The molecule has 0 atom stereocenters. The van der Waals surface area contributed by atoms with Crippen LogP contribution in [0.4, 0.5) is 0 Å². The summed E-state index contributed by atoms with van der Waals surface area (Å²) in [5.74, 6) is 1.81. The molecule has 1 N–H and O–H groups in total. The fourth-order valence-electron chi connectivity index (χ4n) is 1.63. The Balaban J connectivity index is 1.81. The Morgan fingerprint density at radius 1 is 1.45 bits per heavy atom. The minimum absolute atomic E-state index is 0.862. The maximum absolute atomic E-state index is 5.46. The van der Waals surface area contributed by atoms with Crippen LogP contribution in [0.3, 0.4) is 0 Å². The molecular formula is C9H19NO. The number of ether oxygens (including phenoxy) is 1. The van der Waals surface area contributed by atoms with Crippen molar-refractivity contribution in [2.45, 2.75) is 19.8 Å². The van der Waals surface area contributed by atoms with E-state index in [9.17, 15) is 0 Å². The second kappa shape index (κ2) is 4.73. The molecule has 0 aromatic heterocycles. The van der Waals surface area contributed by atoms with Gasteiger partial charge < -0.3 is 10.1 Å². The first-order valence-electron chi connectivity index (χ1n) is 4.55. The molecule has 0 radical (unpaired) electrons. The minimum Gasteiger partial charge on any atom is -0.380 e. The third-order valence-electron chi connectivity index (χ3n) is 2.32. The SMILES string of the molecule is CNCCOCC1CC(C)C1. The summed E-state index contributed by atoms with van der Waals surface area (Å²) >= 11 is 0. The fraction of sp³-hybridized carbons (Fsp3) is 1.00. The molecular weight excluding hydrogens is 138 g/mol. The van der Waals surface area contributed by atoms with Crippen molar-refractivity contribution in [3.8, 4) is 0 Å². The smallest absolute Gasteiger partial charge is 0.0590 e. The maximum Gasteiger partial charge on any atom is 0.0590 e. The molecule has 0 aliphatic heterocycles. The van der Waals surface area contributed by atoms with Gasteiger partial charge in [0.25, 0.3) is 0 Å². The van der Waals surface area contributed by atoms with Crippen molar-refractivity contribution in [1.82, 2.24) is 5.32 Å². The van der Waals surface area contributed by atoms with E-state index in [1.165, 1.54) is 12.8 Å². The molecule has 0 spiro atoms. The van der Waals surface area contributed by atoms with E-state index in [0.717, 1.165) is 31.6 Å². The molecule has 2 heteroatoms. The molecule has 0 unspecified atom stereocenters. The lowest BCUT2D eigenvalue weighted by atomic mass is 9.77. The number of hydrogen-bond donors (Lipinski definition) is 1.